The fourth-order valence-electron chi connectivity index (χ4n) is 2.33. The van der Waals surface area contributed by atoms with Crippen molar-refractivity contribution in [1.29, 1.82) is 0 Å². The van der Waals surface area contributed by atoms with Crippen LogP contribution in [0.5, 0.6) is 5.75 Å². The Balaban J connectivity index is 2.11. The lowest BCUT2D eigenvalue weighted by Gasteiger charge is -2.23. The molecule has 1 aromatic carbocycles. The molecule has 7 heteroatoms. The number of nitrogens with one attached hydrogen (secondary N) is 1. The standard InChI is InChI=1S/C18H21NO6/c1-11(2)25-16(13-6-4-5-7-14(13)23-3)9-19-17(20)15-8-12(10-24-15)18(21)22/h4-8,10-11,16H,9H2,1-3H3,(H,19,20)(H,21,22). The summed E-state index contributed by atoms with van der Waals surface area (Å²) in [6.45, 7) is 3.98. The number of carbonyl (C=O) groups is 2. The Hall–Kier alpha value is -2.80. The lowest BCUT2D eigenvalue weighted by atomic mass is 10.1. The van der Waals surface area contributed by atoms with Crippen LogP contribution in [0.4, 0.5) is 0 Å². The topological polar surface area (TPSA) is 98.0 Å². The lowest BCUT2D eigenvalue weighted by Crippen LogP contribution is -2.30. The van der Waals surface area contributed by atoms with Gasteiger partial charge in [0.15, 0.2) is 5.76 Å². The summed E-state index contributed by atoms with van der Waals surface area (Å²) >= 11 is 0. The summed E-state index contributed by atoms with van der Waals surface area (Å²) in [5.41, 5.74) is 0.731. The summed E-state index contributed by atoms with van der Waals surface area (Å²) in [5, 5.41) is 11.6. The molecule has 0 aliphatic rings. The number of carbonyl (C=O) groups excluding carboxylic acids is 1. The highest BCUT2D eigenvalue weighted by molar-refractivity contribution is 5.95. The average molecular weight is 347 g/mol. The molecule has 1 atom stereocenters. The quantitative estimate of drug-likeness (QED) is 0.762. The number of amides is 1. The monoisotopic (exact) mass is 347 g/mol. The maximum absolute atomic E-state index is 12.2. The first-order valence-electron chi connectivity index (χ1n) is 7.80. The van der Waals surface area contributed by atoms with E-state index in [2.05, 4.69) is 5.32 Å². The van der Waals surface area contributed by atoms with Gasteiger partial charge in [-0.2, -0.15) is 0 Å². The highest BCUT2D eigenvalue weighted by Gasteiger charge is 2.21. The molecular formula is C18H21NO6. The van der Waals surface area contributed by atoms with Crippen molar-refractivity contribution in [3.63, 3.8) is 0 Å². The van der Waals surface area contributed by atoms with Gasteiger partial charge in [-0.3, -0.25) is 4.79 Å². The zero-order valence-corrected chi connectivity index (χ0v) is 14.3. The maximum Gasteiger partial charge on any atom is 0.338 e. The average Bonchev–Trinajstić information content (AvgIpc) is 3.08. The van der Waals surface area contributed by atoms with Gasteiger partial charge in [0.25, 0.3) is 5.91 Å². The molecule has 2 rings (SSSR count). The first kappa shape index (κ1) is 18.5. The van der Waals surface area contributed by atoms with Gasteiger partial charge in [0.05, 0.1) is 18.8 Å². The smallest absolute Gasteiger partial charge is 0.338 e. The molecule has 1 heterocycles. The Kier molecular flexibility index (Phi) is 6.19. The van der Waals surface area contributed by atoms with E-state index in [1.807, 2.05) is 38.1 Å². The molecule has 2 aromatic rings. The number of ether oxygens (including phenoxy) is 2. The van der Waals surface area contributed by atoms with Crippen LogP contribution in [-0.4, -0.2) is 36.7 Å². The van der Waals surface area contributed by atoms with Crippen molar-refractivity contribution in [2.75, 3.05) is 13.7 Å². The number of rotatable bonds is 8. The Morgan fingerprint density at radius 2 is 2.00 bits per heavy atom. The normalized spacial score (nSPS) is 12.0. The van der Waals surface area contributed by atoms with Gasteiger partial charge >= 0.3 is 5.97 Å². The Morgan fingerprint density at radius 1 is 1.28 bits per heavy atom. The predicted octanol–water partition coefficient (Wildman–Crippen LogP) is 2.88. The van der Waals surface area contributed by atoms with Crippen LogP contribution in [0.15, 0.2) is 41.0 Å². The van der Waals surface area contributed by atoms with E-state index in [1.54, 1.807) is 7.11 Å². The highest BCUT2D eigenvalue weighted by atomic mass is 16.5. The van der Waals surface area contributed by atoms with Gasteiger partial charge < -0.3 is 24.3 Å². The van der Waals surface area contributed by atoms with Crippen molar-refractivity contribution in [2.45, 2.75) is 26.1 Å². The fraction of sp³-hybridized carbons (Fsp3) is 0.333. The van der Waals surface area contributed by atoms with Gasteiger partial charge in [0, 0.05) is 18.2 Å². The molecule has 134 valence electrons. The summed E-state index contributed by atoms with van der Waals surface area (Å²) in [7, 11) is 1.57. The number of carboxylic acid groups (broad SMARTS) is 1. The molecule has 1 amide bonds. The summed E-state index contributed by atoms with van der Waals surface area (Å²) in [6, 6.07) is 8.58. The third-order valence-electron chi connectivity index (χ3n) is 3.44. The summed E-state index contributed by atoms with van der Waals surface area (Å²) in [5.74, 6) is -1.08. The zero-order valence-electron chi connectivity index (χ0n) is 14.3. The second-order valence-corrected chi connectivity index (χ2v) is 5.63. The lowest BCUT2D eigenvalue weighted by molar-refractivity contribution is 0.00596. The van der Waals surface area contributed by atoms with Gasteiger partial charge in [-0.15, -0.1) is 0 Å². The first-order valence-corrected chi connectivity index (χ1v) is 7.80. The predicted molar refractivity (Wildman–Crippen MR) is 90.0 cm³/mol. The minimum atomic E-state index is -1.15. The van der Waals surface area contributed by atoms with Gasteiger partial charge in [-0.05, 0) is 19.9 Å². The van der Waals surface area contributed by atoms with E-state index in [1.165, 1.54) is 6.07 Å². The van der Waals surface area contributed by atoms with Crippen molar-refractivity contribution in [3.05, 3.63) is 53.5 Å². The molecule has 25 heavy (non-hydrogen) atoms. The molecule has 0 fully saturated rings. The molecule has 0 aliphatic heterocycles. The minimum absolute atomic E-state index is 0.0611. The number of hydrogen-bond acceptors (Lipinski definition) is 5. The second-order valence-electron chi connectivity index (χ2n) is 5.63. The third-order valence-corrected chi connectivity index (χ3v) is 3.44. The molecule has 1 aromatic heterocycles. The molecule has 0 radical (unpaired) electrons. The number of para-hydroxylation sites is 1. The SMILES string of the molecule is COc1ccccc1C(CNC(=O)c1cc(C(=O)O)co1)OC(C)C. The maximum atomic E-state index is 12.2. The van der Waals surface area contributed by atoms with Gasteiger partial charge in [0.1, 0.15) is 18.1 Å². The molecule has 0 bridgehead atoms. The molecule has 0 spiro atoms. The number of benzene rings is 1. The van der Waals surface area contributed by atoms with Crippen LogP contribution >= 0.6 is 0 Å². The van der Waals surface area contributed by atoms with Crippen molar-refractivity contribution in [3.8, 4) is 5.75 Å². The molecular weight excluding hydrogens is 326 g/mol. The Morgan fingerprint density at radius 3 is 2.60 bits per heavy atom. The number of carboxylic acids is 1. The van der Waals surface area contributed by atoms with Crippen molar-refractivity contribution < 1.29 is 28.6 Å². The van der Waals surface area contributed by atoms with Crippen LogP contribution in [0.1, 0.15) is 46.4 Å². The number of hydrogen-bond donors (Lipinski definition) is 2. The van der Waals surface area contributed by atoms with E-state index in [9.17, 15) is 9.59 Å². The van der Waals surface area contributed by atoms with Crippen molar-refractivity contribution in [2.24, 2.45) is 0 Å². The number of furan rings is 1. The van der Waals surface area contributed by atoms with E-state index in [-0.39, 0.29) is 24.0 Å². The summed E-state index contributed by atoms with van der Waals surface area (Å²) in [4.78, 5) is 23.0. The van der Waals surface area contributed by atoms with Crippen LogP contribution < -0.4 is 10.1 Å². The van der Waals surface area contributed by atoms with E-state index < -0.39 is 18.0 Å². The molecule has 0 saturated carbocycles. The van der Waals surface area contributed by atoms with E-state index >= 15 is 0 Å². The highest BCUT2D eigenvalue weighted by Crippen LogP contribution is 2.28. The van der Waals surface area contributed by atoms with E-state index in [0.29, 0.717) is 5.75 Å². The van der Waals surface area contributed by atoms with Gasteiger partial charge in [0.2, 0.25) is 0 Å². The van der Waals surface area contributed by atoms with Gasteiger partial charge in [-0.25, -0.2) is 4.79 Å². The molecule has 2 N–H and O–H groups in total. The second kappa shape index (κ2) is 8.34. The van der Waals surface area contributed by atoms with Crippen molar-refractivity contribution in [1.82, 2.24) is 5.32 Å². The number of methoxy groups -OCH3 is 1. The van der Waals surface area contributed by atoms with Crippen LogP contribution in [0.2, 0.25) is 0 Å². The minimum Gasteiger partial charge on any atom is -0.496 e. The van der Waals surface area contributed by atoms with Crippen molar-refractivity contribution >= 4 is 11.9 Å². The number of aromatic carboxylic acids is 1. The van der Waals surface area contributed by atoms with Gasteiger partial charge in [-0.1, -0.05) is 18.2 Å². The van der Waals surface area contributed by atoms with Crippen LogP contribution in [-0.2, 0) is 4.74 Å². The van der Waals surface area contributed by atoms with E-state index in [4.69, 9.17) is 19.0 Å². The molecule has 7 nitrogen and oxygen atoms in total. The first-order chi connectivity index (χ1) is 11.9. The summed E-state index contributed by atoms with van der Waals surface area (Å²) in [6.07, 6.45) is 0.544. The molecule has 1 unspecified atom stereocenters. The Labute approximate surface area is 145 Å². The van der Waals surface area contributed by atoms with Crippen LogP contribution in [0.3, 0.4) is 0 Å². The largest absolute Gasteiger partial charge is 0.496 e. The Bertz CT molecular complexity index is 737. The molecule has 0 saturated heterocycles. The third kappa shape index (κ3) is 4.84. The van der Waals surface area contributed by atoms with Crippen LogP contribution in [0, 0.1) is 0 Å². The van der Waals surface area contributed by atoms with E-state index in [0.717, 1.165) is 11.8 Å². The zero-order chi connectivity index (χ0) is 18.4. The molecule has 0 aliphatic carbocycles. The van der Waals surface area contributed by atoms with Crippen LogP contribution in [0.25, 0.3) is 0 Å². The summed E-state index contributed by atoms with van der Waals surface area (Å²) < 4.78 is 16.2. The fourth-order valence-corrected chi connectivity index (χ4v) is 2.33.